The van der Waals surface area contributed by atoms with Gasteiger partial charge >= 0.3 is 6.09 Å². The fourth-order valence-electron chi connectivity index (χ4n) is 7.89. The SMILES string of the molecule is CC(=O)[C@@]12CC[C@H]1/C=C\CCCCC[C@H](NC(=O)OC(C)(C)C)C(=O)N1C[C@@]3(CCc4c(c(C)nc5ccc(F)cc45)O3)C[C@H]1C(=O)N2. The van der Waals surface area contributed by atoms with Crippen molar-refractivity contribution in [2.75, 3.05) is 6.54 Å². The zero-order chi connectivity index (χ0) is 34.4. The Kier molecular flexibility index (Phi) is 9.02. The van der Waals surface area contributed by atoms with Gasteiger partial charge in [-0.3, -0.25) is 14.4 Å². The molecule has 48 heavy (non-hydrogen) atoms. The van der Waals surface area contributed by atoms with Gasteiger partial charge in [0.25, 0.3) is 0 Å². The zero-order valence-corrected chi connectivity index (χ0v) is 28.6. The molecule has 1 aliphatic carbocycles. The number of pyridine rings is 1. The second-order valence-corrected chi connectivity index (χ2v) is 15.1. The van der Waals surface area contributed by atoms with Crippen molar-refractivity contribution >= 4 is 34.6 Å². The third kappa shape index (κ3) is 6.52. The van der Waals surface area contributed by atoms with Crippen LogP contribution in [-0.2, 0) is 25.5 Å². The number of rotatable bonds is 2. The average molecular weight is 663 g/mol. The molecule has 1 aromatic heterocycles. The molecule has 11 heteroatoms. The number of ketones is 1. The maximum absolute atomic E-state index is 14.5. The number of amides is 3. The molecule has 2 fully saturated rings. The van der Waals surface area contributed by atoms with E-state index < -0.39 is 46.7 Å². The van der Waals surface area contributed by atoms with Crippen molar-refractivity contribution < 1.29 is 33.0 Å². The molecule has 1 aromatic carbocycles. The van der Waals surface area contributed by atoms with Crippen LogP contribution in [0.5, 0.6) is 5.75 Å². The van der Waals surface area contributed by atoms with Gasteiger partial charge in [0, 0.05) is 23.3 Å². The van der Waals surface area contributed by atoms with Crippen LogP contribution in [0.25, 0.3) is 10.9 Å². The molecule has 0 bridgehead atoms. The van der Waals surface area contributed by atoms with E-state index in [9.17, 15) is 23.6 Å². The predicted octanol–water partition coefficient (Wildman–Crippen LogP) is 5.61. The number of hydrogen-bond acceptors (Lipinski definition) is 7. The molecule has 0 radical (unpaired) electrons. The first-order valence-electron chi connectivity index (χ1n) is 17.3. The number of Topliss-reactive ketones (excluding diaryl/α,β-unsaturated/α-hetero) is 1. The Hall–Kier alpha value is -4.02. The second kappa shape index (κ2) is 12.8. The van der Waals surface area contributed by atoms with Gasteiger partial charge in [-0.25, -0.2) is 14.2 Å². The van der Waals surface area contributed by atoms with Gasteiger partial charge < -0.3 is 25.0 Å². The fourth-order valence-corrected chi connectivity index (χ4v) is 7.89. The summed E-state index contributed by atoms with van der Waals surface area (Å²) in [5, 5.41) is 6.59. The van der Waals surface area contributed by atoms with Crippen LogP contribution in [0.15, 0.2) is 30.4 Å². The predicted molar refractivity (Wildman–Crippen MR) is 178 cm³/mol. The van der Waals surface area contributed by atoms with Gasteiger partial charge in [-0.15, -0.1) is 0 Å². The highest BCUT2D eigenvalue weighted by Gasteiger charge is 2.56. The van der Waals surface area contributed by atoms with E-state index in [2.05, 4.69) is 27.8 Å². The van der Waals surface area contributed by atoms with Crippen molar-refractivity contribution in [3.05, 3.63) is 47.4 Å². The topological polar surface area (TPSA) is 127 Å². The van der Waals surface area contributed by atoms with E-state index in [0.29, 0.717) is 54.5 Å². The van der Waals surface area contributed by atoms with Crippen molar-refractivity contribution in [2.45, 2.75) is 128 Å². The zero-order valence-electron chi connectivity index (χ0n) is 28.6. The summed E-state index contributed by atoms with van der Waals surface area (Å²) in [4.78, 5) is 61.2. The summed E-state index contributed by atoms with van der Waals surface area (Å²) in [6.45, 7) is 8.73. The minimum Gasteiger partial charge on any atom is -0.483 e. The summed E-state index contributed by atoms with van der Waals surface area (Å²) >= 11 is 0. The Morgan fingerprint density at radius 3 is 2.65 bits per heavy atom. The normalized spacial score (nSPS) is 30.0. The highest BCUT2D eigenvalue weighted by molar-refractivity contribution is 5.97. The molecule has 1 spiro atoms. The van der Waals surface area contributed by atoms with E-state index in [1.54, 1.807) is 26.8 Å². The third-order valence-electron chi connectivity index (χ3n) is 10.5. The van der Waals surface area contributed by atoms with E-state index in [1.807, 2.05) is 6.92 Å². The molecule has 3 amide bonds. The number of fused-ring (bicyclic) bond motifs is 5. The summed E-state index contributed by atoms with van der Waals surface area (Å²) in [6, 6.07) is 2.64. The molecule has 1 saturated carbocycles. The van der Waals surface area contributed by atoms with Gasteiger partial charge in [-0.2, -0.15) is 0 Å². The summed E-state index contributed by atoms with van der Waals surface area (Å²) in [7, 11) is 0. The lowest BCUT2D eigenvalue weighted by Crippen LogP contribution is -2.66. The smallest absolute Gasteiger partial charge is 0.408 e. The van der Waals surface area contributed by atoms with Crippen LogP contribution in [0.2, 0.25) is 0 Å². The largest absolute Gasteiger partial charge is 0.483 e. The highest BCUT2D eigenvalue weighted by Crippen LogP contribution is 2.46. The summed E-state index contributed by atoms with van der Waals surface area (Å²) in [5.74, 6) is -0.855. The number of hydrogen-bond donors (Lipinski definition) is 2. The Morgan fingerprint density at radius 2 is 1.94 bits per heavy atom. The van der Waals surface area contributed by atoms with Crippen LogP contribution in [0.4, 0.5) is 9.18 Å². The lowest BCUT2D eigenvalue weighted by Gasteiger charge is -2.47. The number of halogens is 1. The molecule has 0 unspecified atom stereocenters. The fraction of sp³-hybridized carbons (Fsp3) is 0.595. The first kappa shape index (κ1) is 33.9. The first-order chi connectivity index (χ1) is 22.7. The second-order valence-electron chi connectivity index (χ2n) is 15.1. The monoisotopic (exact) mass is 662 g/mol. The van der Waals surface area contributed by atoms with Gasteiger partial charge in [0.2, 0.25) is 11.8 Å². The van der Waals surface area contributed by atoms with Crippen LogP contribution >= 0.6 is 0 Å². The molecule has 2 aromatic rings. The van der Waals surface area contributed by atoms with Crippen molar-refractivity contribution in [3.8, 4) is 5.75 Å². The molecule has 258 valence electrons. The number of benzene rings is 1. The maximum atomic E-state index is 14.5. The Morgan fingerprint density at radius 1 is 1.15 bits per heavy atom. The number of aromatic nitrogens is 1. The molecule has 4 aliphatic rings. The molecule has 3 aliphatic heterocycles. The van der Waals surface area contributed by atoms with Crippen molar-refractivity contribution in [1.82, 2.24) is 20.5 Å². The summed E-state index contributed by atoms with van der Waals surface area (Å²) in [6.07, 6.45) is 9.60. The quantitative estimate of drug-likeness (QED) is 0.400. The van der Waals surface area contributed by atoms with Gasteiger partial charge in [0.15, 0.2) is 5.78 Å². The molecular formula is C37H47FN4O6. The lowest BCUT2D eigenvalue weighted by atomic mass is 9.64. The van der Waals surface area contributed by atoms with Crippen molar-refractivity contribution in [1.29, 1.82) is 0 Å². The molecule has 6 rings (SSSR count). The van der Waals surface area contributed by atoms with Crippen LogP contribution < -0.4 is 15.4 Å². The van der Waals surface area contributed by atoms with Crippen LogP contribution in [0.3, 0.4) is 0 Å². The number of ether oxygens (including phenoxy) is 2. The third-order valence-corrected chi connectivity index (χ3v) is 10.5. The summed E-state index contributed by atoms with van der Waals surface area (Å²) < 4.78 is 26.6. The van der Waals surface area contributed by atoms with Crippen molar-refractivity contribution in [3.63, 3.8) is 0 Å². The number of alkyl carbamates (subject to hydrolysis) is 1. The number of nitrogens with one attached hydrogen (secondary N) is 2. The van der Waals surface area contributed by atoms with E-state index in [0.717, 1.165) is 31.2 Å². The standard InChI is InChI=1S/C37H47FN4O6/c1-22-31-26(27-19-25(38)13-14-28(27)39-22)16-17-36(47-31)20-30-32(44)41-37(23(2)43)18-15-24(37)11-9-7-6-8-10-12-29(33(45)42(30)21-36)40-34(46)48-35(3,4)5/h9,11,13-14,19,24,29-30H,6-8,10,12,15-18,20-21H2,1-5H3,(H,40,46)(H,41,44)/b11-9-/t24-,29+,30+,36-,37+/m1/s1. The number of carbonyl (C=O) groups is 4. The van der Waals surface area contributed by atoms with Gasteiger partial charge in [-0.05, 0) is 97.8 Å². The van der Waals surface area contributed by atoms with Gasteiger partial charge in [0.05, 0.1) is 17.8 Å². The lowest BCUT2D eigenvalue weighted by molar-refractivity contribution is -0.144. The van der Waals surface area contributed by atoms with E-state index in [4.69, 9.17) is 9.47 Å². The number of carbonyl (C=O) groups excluding carboxylic acids is 4. The number of allylic oxidation sites excluding steroid dienone is 1. The van der Waals surface area contributed by atoms with Crippen LogP contribution in [0, 0.1) is 18.7 Å². The van der Waals surface area contributed by atoms with E-state index >= 15 is 0 Å². The van der Waals surface area contributed by atoms with Crippen LogP contribution in [0.1, 0.15) is 96.7 Å². The van der Waals surface area contributed by atoms with Gasteiger partial charge in [0.1, 0.15) is 40.4 Å². The van der Waals surface area contributed by atoms with Crippen LogP contribution in [-0.4, -0.2) is 68.9 Å². The molecule has 1 saturated heterocycles. The summed E-state index contributed by atoms with van der Waals surface area (Å²) in [5.41, 5.74) is -0.546. The Bertz CT molecular complexity index is 1670. The van der Waals surface area contributed by atoms with Gasteiger partial charge in [-0.1, -0.05) is 25.0 Å². The molecule has 2 N–H and O–H groups in total. The number of nitrogens with zero attached hydrogens (tertiary/aromatic N) is 2. The molecule has 4 heterocycles. The molecule has 5 atom stereocenters. The average Bonchev–Trinajstić information content (AvgIpc) is 3.37. The molecular weight excluding hydrogens is 615 g/mol. The first-order valence-corrected chi connectivity index (χ1v) is 17.3. The maximum Gasteiger partial charge on any atom is 0.408 e. The Balaban J connectivity index is 1.36. The molecule has 10 nitrogen and oxygen atoms in total. The highest BCUT2D eigenvalue weighted by atomic mass is 19.1. The number of aryl methyl sites for hydroxylation is 2. The Labute approximate surface area is 281 Å². The minimum absolute atomic E-state index is 0.104. The van der Waals surface area contributed by atoms with E-state index in [-0.39, 0.29) is 30.5 Å². The van der Waals surface area contributed by atoms with E-state index in [1.165, 1.54) is 24.0 Å². The van der Waals surface area contributed by atoms with Crippen molar-refractivity contribution in [2.24, 2.45) is 5.92 Å². The minimum atomic E-state index is -1.03.